The van der Waals surface area contributed by atoms with E-state index >= 15 is 0 Å². The quantitative estimate of drug-likeness (QED) is 0.369. The summed E-state index contributed by atoms with van der Waals surface area (Å²) in [6, 6.07) is 18.4. The first-order valence-corrected chi connectivity index (χ1v) is 11.5. The SMILES string of the molecule is Cc1cccc(C#Cc2cccc(-c3nc4ccc(Cl)cn4c3NC3CCCCC3)c2)n1. The molecule has 0 saturated heterocycles. The molecule has 1 aliphatic rings. The van der Waals surface area contributed by atoms with Gasteiger partial charge in [0.15, 0.2) is 0 Å². The summed E-state index contributed by atoms with van der Waals surface area (Å²) in [5.74, 6) is 7.43. The van der Waals surface area contributed by atoms with Crippen molar-refractivity contribution in [3.8, 4) is 23.1 Å². The normalized spacial score (nSPS) is 14.2. The van der Waals surface area contributed by atoms with Gasteiger partial charge in [0.2, 0.25) is 0 Å². The summed E-state index contributed by atoms with van der Waals surface area (Å²) in [5, 5.41) is 4.47. The summed E-state index contributed by atoms with van der Waals surface area (Å²) >= 11 is 6.32. The fraction of sp³-hybridized carbons (Fsp3) is 0.259. The smallest absolute Gasteiger partial charge is 0.139 e. The molecule has 0 unspecified atom stereocenters. The fourth-order valence-electron chi connectivity index (χ4n) is 4.29. The van der Waals surface area contributed by atoms with E-state index in [2.05, 4.69) is 38.7 Å². The van der Waals surface area contributed by atoms with Gasteiger partial charge in [-0.15, -0.1) is 0 Å². The van der Waals surface area contributed by atoms with E-state index in [4.69, 9.17) is 16.6 Å². The second kappa shape index (κ2) is 9.06. The van der Waals surface area contributed by atoms with E-state index < -0.39 is 0 Å². The lowest BCUT2D eigenvalue weighted by molar-refractivity contribution is 0.462. The lowest BCUT2D eigenvalue weighted by Gasteiger charge is -2.24. The van der Waals surface area contributed by atoms with Gasteiger partial charge in [-0.3, -0.25) is 4.40 Å². The van der Waals surface area contributed by atoms with Gasteiger partial charge in [0, 0.05) is 29.1 Å². The Morgan fingerprint density at radius 1 is 0.969 bits per heavy atom. The molecule has 0 spiro atoms. The number of benzene rings is 1. The maximum Gasteiger partial charge on any atom is 0.139 e. The third kappa shape index (κ3) is 4.49. The first-order chi connectivity index (χ1) is 15.7. The van der Waals surface area contributed by atoms with Gasteiger partial charge in [-0.1, -0.05) is 55.0 Å². The number of imidazole rings is 1. The van der Waals surface area contributed by atoms with Crippen LogP contribution in [0.4, 0.5) is 5.82 Å². The highest BCUT2D eigenvalue weighted by Crippen LogP contribution is 2.32. The molecule has 4 nitrogen and oxygen atoms in total. The highest BCUT2D eigenvalue weighted by molar-refractivity contribution is 6.30. The van der Waals surface area contributed by atoms with Gasteiger partial charge in [-0.2, -0.15) is 0 Å². The van der Waals surface area contributed by atoms with Crippen LogP contribution < -0.4 is 5.32 Å². The van der Waals surface area contributed by atoms with E-state index in [1.54, 1.807) is 0 Å². The van der Waals surface area contributed by atoms with Gasteiger partial charge in [-0.25, -0.2) is 9.97 Å². The minimum Gasteiger partial charge on any atom is -0.367 e. The zero-order valence-corrected chi connectivity index (χ0v) is 18.9. The highest BCUT2D eigenvalue weighted by Gasteiger charge is 2.20. The second-order valence-corrected chi connectivity index (χ2v) is 8.80. The summed E-state index contributed by atoms with van der Waals surface area (Å²) in [7, 11) is 0. The van der Waals surface area contributed by atoms with Crippen molar-refractivity contribution in [1.29, 1.82) is 0 Å². The predicted octanol–water partition coefficient (Wildman–Crippen LogP) is 6.50. The van der Waals surface area contributed by atoms with Crippen molar-refractivity contribution < 1.29 is 0 Å². The molecular formula is C27H25ClN4. The monoisotopic (exact) mass is 440 g/mol. The largest absolute Gasteiger partial charge is 0.367 e. The Balaban J connectivity index is 1.54. The van der Waals surface area contributed by atoms with Gasteiger partial charge in [0.25, 0.3) is 0 Å². The number of pyridine rings is 2. The molecule has 1 fully saturated rings. The molecule has 0 aliphatic heterocycles. The molecule has 3 aromatic heterocycles. The zero-order chi connectivity index (χ0) is 21.9. The Labute approximate surface area is 193 Å². The number of nitrogens with zero attached hydrogens (tertiary/aromatic N) is 3. The van der Waals surface area contributed by atoms with Gasteiger partial charge in [-0.05, 0) is 62.1 Å². The van der Waals surface area contributed by atoms with Crippen LogP contribution in [0.1, 0.15) is 49.1 Å². The molecule has 5 heteroatoms. The van der Waals surface area contributed by atoms with Gasteiger partial charge in [0.05, 0.1) is 5.02 Å². The molecule has 4 aromatic rings. The Kier molecular flexibility index (Phi) is 5.83. The van der Waals surface area contributed by atoms with Crippen LogP contribution in [0.25, 0.3) is 16.9 Å². The molecule has 3 heterocycles. The maximum absolute atomic E-state index is 6.32. The topological polar surface area (TPSA) is 42.2 Å². The molecule has 0 atom stereocenters. The summed E-state index contributed by atoms with van der Waals surface area (Å²) in [5.41, 5.74) is 5.51. The lowest BCUT2D eigenvalue weighted by Crippen LogP contribution is -2.23. The molecule has 1 aromatic carbocycles. The third-order valence-electron chi connectivity index (χ3n) is 5.89. The van der Waals surface area contributed by atoms with E-state index in [9.17, 15) is 0 Å². The number of hydrogen-bond acceptors (Lipinski definition) is 3. The second-order valence-electron chi connectivity index (χ2n) is 8.36. The average Bonchev–Trinajstić information content (AvgIpc) is 3.16. The standard InChI is InChI=1S/C27H25ClN4/c1-19-7-5-12-24(29-19)15-13-20-8-6-9-21(17-20)26-27(30-23-10-3-2-4-11-23)32-18-22(28)14-16-25(32)31-26/h5-9,12,14,16-18,23,30H,2-4,10-11H2,1H3. The number of halogens is 1. The lowest BCUT2D eigenvalue weighted by atomic mass is 9.95. The molecule has 1 aliphatic carbocycles. The van der Waals surface area contributed by atoms with Crippen molar-refractivity contribution in [3.05, 3.63) is 82.8 Å². The third-order valence-corrected chi connectivity index (χ3v) is 6.11. The first-order valence-electron chi connectivity index (χ1n) is 11.2. The summed E-state index contributed by atoms with van der Waals surface area (Å²) in [6.07, 6.45) is 8.15. The van der Waals surface area contributed by atoms with Crippen molar-refractivity contribution in [1.82, 2.24) is 14.4 Å². The van der Waals surface area contributed by atoms with Crippen LogP contribution in [-0.2, 0) is 0 Å². The van der Waals surface area contributed by atoms with Gasteiger partial charge in [0.1, 0.15) is 22.9 Å². The molecule has 32 heavy (non-hydrogen) atoms. The number of rotatable bonds is 3. The molecule has 0 bridgehead atoms. The first kappa shape index (κ1) is 20.6. The maximum atomic E-state index is 6.32. The highest BCUT2D eigenvalue weighted by atomic mass is 35.5. The van der Waals surface area contributed by atoms with E-state index in [-0.39, 0.29) is 0 Å². The molecule has 0 amide bonds. The van der Waals surface area contributed by atoms with Gasteiger partial charge >= 0.3 is 0 Å². The van der Waals surface area contributed by atoms with Crippen LogP contribution in [0.5, 0.6) is 0 Å². The Morgan fingerprint density at radius 2 is 1.81 bits per heavy atom. The van der Waals surface area contributed by atoms with Crippen molar-refractivity contribution in [2.75, 3.05) is 5.32 Å². The van der Waals surface area contributed by atoms with E-state index in [1.807, 2.05) is 55.6 Å². The predicted molar refractivity (Wildman–Crippen MR) is 131 cm³/mol. The number of anilines is 1. The number of fused-ring (bicyclic) bond motifs is 1. The van der Waals surface area contributed by atoms with Crippen LogP contribution in [0.3, 0.4) is 0 Å². The van der Waals surface area contributed by atoms with Crippen LogP contribution in [0.15, 0.2) is 60.8 Å². The number of aryl methyl sites for hydroxylation is 1. The number of hydrogen-bond donors (Lipinski definition) is 1. The van der Waals surface area contributed by atoms with Crippen LogP contribution in [-0.4, -0.2) is 20.4 Å². The molecular weight excluding hydrogens is 416 g/mol. The Morgan fingerprint density at radius 3 is 2.66 bits per heavy atom. The summed E-state index contributed by atoms with van der Waals surface area (Å²) in [4.78, 5) is 9.42. The zero-order valence-electron chi connectivity index (χ0n) is 18.1. The van der Waals surface area contributed by atoms with Crippen LogP contribution in [0.2, 0.25) is 5.02 Å². The molecule has 5 rings (SSSR count). The van der Waals surface area contributed by atoms with Crippen LogP contribution >= 0.6 is 11.6 Å². The fourth-order valence-corrected chi connectivity index (χ4v) is 4.45. The van der Waals surface area contributed by atoms with Crippen molar-refractivity contribution >= 4 is 23.1 Å². The summed E-state index contributed by atoms with van der Waals surface area (Å²) in [6.45, 7) is 1.97. The Bertz CT molecular complexity index is 1320. The Hall–Kier alpha value is -3.29. The summed E-state index contributed by atoms with van der Waals surface area (Å²) < 4.78 is 2.07. The molecule has 160 valence electrons. The van der Waals surface area contributed by atoms with Crippen molar-refractivity contribution in [2.45, 2.75) is 45.1 Å². The average molecular weight is 441 g/mol. The van der Waals surface area contributed by atoms with Crippen molar-refractivity contribution in [2.24, 2.45) is 0 Å². The van der Waals surface area contributed by atoms with E-state index in [1.165, 1.54) is 32.1 Å². The minimum atomic E-state index is 0.455. The minimum absolute atomic E-state index is 0.455. The number of nitrogens with one attached hydrogen (secondary N) is 1. The van der Waals surface area contributed by atoms with Crippen LogP contribution in [0, 0.1) is 18.8 Å². The van der Waals surface area contributed by atoms with Crippen molar-refractivity contribution in [3.63, 3.8) is 0 Å². The van der Waals surface area contributed by atoms with Gasteiger partial charge < -0.3 is 5.32 Å². The molecule has 0 radical (unpaired) electrons. The molecule has 1 N–H and O–H groups in total. The number of aromatic nitrogens is 3. The van der Waals surface area contributed by atoms with E-state index in [0.29, 0.717) is 11.1 Å². The van der Waals surface area contributed by atoms with E-state index in [0.717, 1.165) is 39.7 Å². The molecule has 1 saturated carbocycles.